The molecule has 1 heteroatoms. The molecule has 0 saturated heterocycles. The SMILES string of the molecule is CCC(C)C(=O)c1cccc(C2CCC2)c1. The molecule has 16 heavy (non-hydrogen) atoms. The molecule has 0 N–H and O–H groups in total. The van der Waals surface area contributed by atoms with Crippen LogP contribution in [0.4, 0.5) is 0 Å². The first kappa shape index (κ1) is 11.4. The third kappa shape index (κ3) is 2.18. The minimum absolute atomic E-state index is 0.150. The van der Waals surface area contributed by atoms with Crippen molar-refractivity contribution in [3.63, 3.8) is 0 Å². The Morgan fingerprint density at radius 1 is 1.44 bits per heavy atom. The van der Waals surface area contributed by atoms with Gasteiger partial charge in [0, 0.05) is 11.5 Å². The minimum atomic E-state index is 0.150. The van der Waals surface area contributed by atoms with Crippen LogP contribution in [0.5, 0.6) is 0 Å². The second-order valence-corrected chi connectivity index (χ2v) is 4.93. The zero-order valence-corrected chi connectivity index (χ0v) is 10.2. The third-order valence-electron chi connectivity index (χ3n) is 3.81. The Morgan fingerprint density at radius 3 is 2.75 bits per heavy atom. The van der Waals surface area contributed by atoms with Crippen molar-refractivity contribution in [2.45, 2.75) is 45.4 Å². The van der Waals surface area contributed by atoms with Crippen LogP contribution in [0, 0.1) is 5.92 Å². The van der Waals surface area contributed by atoms with Crippen LogP contribution in [0.3, 0.4) is 0 Å². The number of hydrogen-bond donors (Lipinski definition) is 0. The number of Topliss-reactive ketones (excluding diaryl/α,β-unsaturated/α-hetero) is 1. The monoisotopic (exact) mass is 216 g/mol. The van der Waals surface area contributed by atoms with Gasteiger partial charge in [-0.05, 0) is 36.8 Å². The molecule has 0 radical (unpaired) electrons. The van der Waals surface area contributed by atoms with Gasteiger partial charge in [-0.25, -0.2) is 0 Å². The highest BCUT2D eigenvalue weighted by Crippen LogP contribution is 2.36. The number of hydrogen-bond acceptors (Lipinski definition) is 1. The second-order valence-electron chi connectivity index (χ2n) is 4.93. The molecule has 2 rings (SSSR count). The highest BCUT2D eigenvalue weighted by molar-refractivity contribution is 5.97. The lowest BCUT2D eigenvalue weighted by Crippen LogP contribution is -2.13. The number of benzene rings is 1. The van der Waals surface area contributed by atoms with E-state index in [2.05, 4.69) is 19.1 Å². The summed E-state index contributed by atoms with van der Waals surface area (Å²) in [5.74, 6) is 1.16. The van der Waals surface area contributed by atoms with Crippen LogP contribution in [0.25, 0.3) is 0 Å². The topological polar surface area (TPSA) is 17.1 Å². The smallest absolute Gasteiger partial charge is 0.165 e. The molecule has 0 aliphatic heterocycles. The first-order chi connectivity index (χ1) is 7.72. The Hall–Kier alpha value is -1.11. The van der Waals surface area contributed by atoms with Gasteiger partial charge in [-0.2, -0.15) is 0 Å². The van der Waals surface area contributed by atoms with E-state index in [0.717, 1.165) is 12.0 Å². The largest absolute Gasteiger partial charge is 0.294 e. The summed E-state index contributed by atoms with van der Waals surface area (Å²) in [6, 6.07) is 8.26. The van der Waals surface area contributed by atoms with E-state index in [9.17, 15) is 4.79 Å². The van der Waals surface area contributed by atoms with Crippen molar-refractivity contribution in [2.24, 2.45) is 5.92 Å². The predicted octanol–water partition coefficient (Wildman–Crippen LogP) is 4.18. The molecule has 1 saturated carbocycles. The van der Waals surface area contributed by atoms with Crippen LogP contribution in [-0.4, -0.2) is 5.78 Å². The van der Waals surface area contributed by atoms with Gasteiger partial charge in [-0.3, -0.25) is 4.79 Å². The van der Waals surface area contributed by atoms with Crippen molar-refractivity contribution in [2.75, 3.05) is 0 Å². The van der Waals surface area contributed by atoms with E-state index >= 15 is 0 Å². The van der Waals surface area contributed by atoms with Crippen molar-refractivity contribution in [1.29, 1.82) is 0 Å². The minimum Gasteiger partial charge on any atom is -0.294 e. The maximum atomic E-state index is 12.1. The first-order valence-electron chi connectivity index (χ1n) is 6.36. The maximum Gasteiger partial charge on any atom is 0.165 e. The number of ketones is 1. The molecule has 1 nitrogen and oxygen atoms in total. The second kappa shape index (κ2) is 4.82. The van der Waals surface area contributed by atoms with Gasteiger partial charge in [0.05, 0.1) is 0 Å². The Bertz CT molecular complexity index is 377. The fourth-order valence-corrected chi connectivity index (χ4v) is 2.16. The molecule has 0 heterocycles. The van der Waals surface area contributed by atoms with E-state index in [1.54, 1.807) is 0 Å². The Morgan fingerprint density at radius 2 is 2.19 bits per heavy atom. The third-order valence-corrected chi connectivity index (χ3v) is 3.81. The lowest BCUT2D eigenvalue weighted by molar-refractivity contribution is 0.0927. The van der Waals surface area contributed by atoms with Crippen LogP contribution >= 0.6 is 0 Å². The molecule has 0 spiro atoms. The van der Waals surface area contributed by atoms with E-state index in [-0.39, 0.29) is 5.92 Å². The summed E-state index contributed by atoms with van der Waals surface area (Å²) in [5, 5.41) is 0. The van der Waals surface area contributed by atoms with Gasteiger partial charge in [-0.15, -0.1) is 0 Å². The molecule has 1 unspecified atom stereocenters. The number of carbonyl (C=O) groups is 1. The summed E-state index contributed by atoms with van der Waals surface area (Å²) in [7, 11) is 0. The number of carbonyl (C=O) groups excluding carboxylic acids is 1. The zero-order chi connectivity index (χ0) is 11.5. The number of rotatable bonds is 4. The molecule has 1 aliphatic carbocycles. The highest BCUT2D eigenvalue weighted by atomic mass is 16.1. The molecule has 1 fully saturated rings. The normalized spacial score (nSPS) is 17.9. The Kier molecular flexibility index (Phi) is 3.42. The van der Waals surface area contributed by atoms with Crippen LogP contribution < -0.4 is 0 Å². The predicted molar refractivity (Wildman–Crippen MR) is 66.8 cm³/mol. The van der Waals surface area contributed by atoms with Gasteiger partial charge in [0.25, 0.3) is 0 Å². The van der Waals surface area contributed by atoms with Crippen LogP contribution in [0.15, 0.2) is 24.3 Å². The van der Waals surface area contributed by atoms with Crippen molar-refractivity contribution >= 4 is 5.78 Å². The van der Waals surface area contributed by atoms with E-state index in [1.165, 1.54) is 24.8 Å². The van der Waals surface area contributed by atoms with Crippen molar-refractivity contribution in [1.82, 2.24) is 0 Å². The summed E-state index contributed by atoms with van der Waals surface area (Å²) in [6.07, 6.45) is 4.85. The molecule has 1 aromatic carbocycles. The summed E-state index contributed by atoms with van der Waals surface area (Å²) in [5.41, 5.74) is 2.26. The molecule has 0 amide bonds. The summed E-state index contributed by atoms with van der Waals surface area (Å²) in [4.78, 5) is 12.1. The molecule has 0 bridgehead atoms. The fraction of sp³-hybridized carbons (Fsp3) is 0.533. The Labute approximate surface area is 97.9 Å². The van der Waals surface area contributed by atoms with E-state index < -0.39 is 0 Å². The maximum absolute atomic E-state index is 12.1. The van der Waals surface area contributed by atoms with Gasteiger partial charge in [0.1, 0.15) is 0 Å². The van der Waals surface area contributed by atoms with Crippen LogP contribution in [-0.2, 0) is 0 Å². The van der Waals surface area contributed by atoms with E-state index in [0.29, 0.717) is 11.7 Å². The summed E-state index contributed by atoms with van der Waals surface area (Å²) >= 11 is 0. The molecule has 1 aliphatic rings. The molecule has 86 valence electrons. The van der Waals surface area contributed by atoms with Crippen molar-refractivity contribution < 1.29 is 4.79 Å². The fourth-order valence-electron chi connectivity index (χ4n) is 2.16. The van der Waals surface area contributed by atoms with Gasteiger partial charge >= 0.3 is 0 Å². The standard InChI is InChI=1S/C15H20O/c1-3-11(2)15(16)14-9-5-8-13(10-14)12-6-4-7-12/h5,8-12H,3-4,6-7H2,1-2H3. The highest BCUT2D eigenvalue weighted by Gasteiger charge is 2.21. The van der Waals surface area contributed by atoms with Crippen LogP contribution in [0.1, 0.15) is 61.4 Å². The van der Waals surface area contributed by atoms with Gasteiger partial charge < -0.3 is 0 Å². The van der Waals surface area contributed by atoms with E-state index in [4.69, 9.17) is 0 Å². The van der Waals surface area contributed by atoms with Gasteiger partial charge in [-0.1, -0.05) is 38.5 Å². The molecular formula is C15H20O. The first-order valence-corrected chi connectivity index (χ1v) is 6.36. The van der Waals surface area contributed by atoms with Gasteiger partial charge in [0.2, 0.25) is 0 Å². The van der Waals surface area contributed by atoms with Crippen molar-refractivity contribution in [3.8, 4) is 0 Å². The van der Waals surface area contributed by atoms with Crippen molar-refractivity contribution in [3.05, 3.63) is 35.4 Å². The average molecular weight is 216 g/mol. The molecule has 0 aromatic heterocycles. The molecular weight excluding hydrogens is 196 g/mol. The molecule has 1 atom stereocenters. The summed E-state index contributed by atoms with van der Waals surface area (Å²) < 4.78 is 0. The van der Waals surface area contributed by atoms with E-state index in [1.807, 2.05) is 19.1 Å². The Balaban J connectivity index is 2.18. The van der Waals surface area contributed by atoms with Gasteiger partial charge in [0.15, 0.2) is 5.78 Å². The summed E-state index contributed by atoms with van der Waals surface area (Å²) in [6.45, 7) is 4.08. The zero-order valence-electron chi connectivity index (χ0n) is 10.2. The lowest BCUT2D eigenvalue weighted by Gasteiger charge is -2.26. The molecule has 1 aromatic rings. The quantitative estimate of drug-likeness (QED) is 0.690. The lowest BCUT2D eigenvalue weighted by atomic mass is 9.79. The average Bonchev–Trinajstić information content (AvgIpc) is 2.25. The van der Waals surface area contributed by atoms with Crippen LogP contribution in [0.2, 0.25) is 0 Å².